The third kappa shape index (κ3) is 3.96. The summed E-state index contributed by atoms with van der Waals surface area (Å²) in [5, 5.41) is 2.90. The van der Waals surface area contributed by atoms with Crippen LogP contribution in [0.2, 0.25) is 0 Å². The number of amides is 2. The number of hydrogen-bond donors (Lipinski definition) is 2. The highest BCUT2D eigenvalue weighted by Gasteiger charge is 2.30. The lowest BCUT2D eigenvalue weighted by molar-refractivity contribution is -0.127. The largest absolute Gasteiger partial charge is 0.477 e. The average molecular weight is 353 g/mol. The summed E-state index contributed by atoms with van der Waals surface area (Å²) in [6.45, 7) is 3.72. The zero-order valence-electron chi connectivity index (χ0n) is 14.8. The van der Waals surface area contributed by atoms with Gasteiger partial charge in [-0.2, -0.15) is 0 Å². The van der Waals surface area contributed by atoms with Crippen LogP contribution in [-0.4, -0.2) is 31.0 Å². The summed E-state index contributed by atoms with van der Waals surface area (Å²) < 4.78 is 5.89. The maximum Gasteiger partial charge on any atom is 0.262 e. The van der Waals surface area contributed by atoms with Crippen LogP contribution >= 0.6 is 0 Å². The first-order valence-electron chi connectivity index (χ1n) is 8.75. The molecule has 6 nitrogen and oxygen atoms in total. The number of para-hydroxylation sites is 2. The van der Waals surface area contributed by atoms with Gasteiger partial charge in [0.15, 0.2) is 6.10 Å². The molecule has 6 heteroatoms. The van der Waals surface area contributed by atoms with E-state index in [1.807, 2.05) is 43.3 Å². The van der Waals surface area contributed by atoms with E-state index in [9.17, 15) is 9.59 Å². The van der Waals surface area contributed by atoms with Crippen LogP contribution in [-0.2, 0) is 11.3 Å². The Morgan fingerprint density at radius 3 is 2.62 bits per heavy atom. The number of hydrogen-bond acceptors (Lipinski definition) is 4. The van der Waals surface area contributed by atoms with E-state index in [1.165, 1.54) is 0 Å². The van der Waals surface area contributed by atoms with Crippen molar-refractivity contribution >= 4 is 17.5 Å². The molecule has 136 valence electrons. The van der Waals surface area contributed by atoms with Gasteiger partial charge in [0.1, 0.15) is 5.75 Å². The molecule has 26 heavy (non-hydrogen) atoms. The van der Waals surface area contributed by atoms with Crippen molar-refractivity contribution in [1.82, 2.24) is 5.32 Å². The SMILES string of the molecule is CCCNC(=O)[C@H]1CN(Cc2ccc(C(N)=O)cc2)c2ccccc2O1. The predicted octanol–water partition coefficient (Wildman–Crippen LogP) is 2.08. The number of nitrogens with two attached hydrogens (primary N) is 1. The first kappa shape index (κ1) is 17.8. The average Bonchev–Trinajstić information content (AvgIpc) is 2.66. The van der Waals surface area contributed by atoms with Gasteiger partial charge in [-0.05, 0) is 36.2 Å². The number of primary amides is 1. The minimum atomic E-state index is -0.554. The van der Waals surface area contributed by atoms with Crippen LogP contribution in [0, 0.1) is 0 Å². The molecule has 0 saturated heterocycles. The minimum absolute atomic E-state index is 0.101. The highest BCUT2D eigenvalue weighted by molar-refractivity contribution is 5.92. The Kier molecular flexibility index (Phi) is 5.41. The van der Waals surface area contributed by atoms with Crippen LogP contribution in [0.4, 0.5) is 5.69 Å². The monoisotopic (exact) mass is 353 g/mol. The number of nitrogens with one attached hydrogen (secondary N) is 1. The van der Waals surface area contributed by atoms with E-state index in [4.69, 9.17) is 10.5 Å². The highest BCUT2D eigenvalue weighted by Crippen LogP contribution is 2.34. The molecule has 3 rings (SSSR count). The first-order valence-corrected chi connectivity index (χ1v) is 8.75. The van der Waals surface area contributed by atoms with Crippen LogP contribution in [0.5, 0.6) is 5.75 Å². The fraction of sp³-hybridized carbons (Fsp3) is 0.300. The normalized spacial score (nSPS) is 15.7. The van der Waals surface area contributed by atoms with Gasteiger partial charge in [0.25, 0.3) is 5.91 Å². The molecule has 0 bridgehead atoms. The van der Waals surface area contributed by atoms with Gasteiger partial charge in [-0.15, -0.1) is 0 Å². The maximum absolute atomic E-state index is 12.4. The molecular weight excluding hydrogens is 330 g/mol. The summed E-state index contributed by atoms with van der Waals surface area (Å²) in [7, 11) is 0. The molecular formula is C20H23N3O3. The number of rotatable bonds is 6. The Bertz CT molecular complexity index is 789. The Labute approximate surface area is 152 Å². The van der Waals surface area contributed by atoms with Crippen LogP contribution in [0.25, 0.3) is 0 Å². The third-order valence-corrected chi connectivity index (χ3v) is 4.31. The number of ether oxygens (including phenoxy) is 1. The third-order valence-electron chi connectivity index (χ3n) is 4.31. The molecule has 0 unspecified atom stereocenters. The number of carbonyl (C=O) groups is 2. The zero-order valence-corrected chi connectivity index (χ0v) is 14.8. The molecule has 0 spiro atoms. The van der Waals surface area contributed by atoms with Crippen molar-refractivity contribution in [3.05, 3.63) is 59.7 Å². The van der Waals surface area contributed by atoms with Gasteiger partial charge in [-0.3, -0.25) is 9.59 Å². The molecule has 0 aliphatic carbocycles. The van der Waals surface area contributed by atoms with Gasteiger partial charge in [0, 0.05) is 18.7 Å². The molecule has 1 heterocycles. The van der Waals surface area contributed by atoms with E-state index >= 15 is 0 Å². The van der Waals surface area contributed by atoms with Crippen molar-refractivity contribution in [2.24, 2.45) is 5.73 Å². The summed E-state index contributed by atoms with van der Waals surface area (Å²) in [5.74, 6) is 0.153. The second-order valence-corrected chi connectivity index (χ2v) is 6.31. The molecule has 0 fully saturated rings. The van der Waals surface area contributed by atoms with Gasteiger partial charge in [0.2, 0.25) is 5.91 Å². The molecule has 0 radical (unpaired) electrons. The van der Waals surface area contributed by atoms with Crippen LogP contribution in [0.1, 0.15) is 29.3 Å². The highest BCUT2D eigenvalue weighted by atomic mass is 16.5. The molecule has 1 aliphatic rings. The van der Waals surface area contributed by atoms with Gasteiger partial charge in [0.05, 0.1) is 12.2 Å². The van der Waals surface area contributed by atoms with E-state index in [0.717, 1.165) is 17.7 Å². The predicted molar refractivity (Wildman–Crippen MR) is 100 cm³/mol. The second kappa shape index (κ2) is 7.91. The van der Waals surface area contributed by atoms with Crippen molar-refractivity contribution in [3.63, 3.8) is 0 Å². The zero-order chi connectivity index (χ0) is 18.5. The number of fused-ring (bicyclic) bond motifs is 1. The summed E-state index contributed by atoms with van der Waals surface area (Å²) in [4.78, 5) is 25.7. The van der Waals surface area contributed by atoms with Gasteiger partial charge in [-0.25, -0.2) is 0 Å². The van der Waals surface area contributed by atoms with E-state index < -0.39 is 12.0 Å². The standard InChI is InChI=1S/C20H23N3O3/c1-2-11-22-20(25)18-13-23(16-5-3-4-6-17(16)26-18)12-14-7-9-15(10-8-14)19(21)24/h3-10,18H,2,11-13H2,1H3,(H2,21,24)(H,22,25)/t18-/m1/s1. The summed E-state index contributed by atoms with van der Waals surface area (Å²) >= 11 is 0. The van der Waals surface area contributed by atoms with Crippen molar-refractivity contribution in [2.45, 2.75) is 26.0 Å². The van der Waals surface area contributed by atoms with Gasteiger partial charge >= 0.3 is 0 Å². The Balaban J connectivity index is 1.80. The number of benzene rings is 2. The summed E-state index contributed by atoms with van der Waals surface area (Å²) in [6.07, 6.45) is 0.326. The molecule has 2 amide bonds. The van der Waals surface area contributed by atoms with Gasteiger partial charge < -0.3 is 20.7 Å². The van der Waals surface area contributed by atoms with Crippen LogP contribution in [0.15, 0.2) is 48.5 Å². The Morgan fingerprint density at radius 1 is 1.19 bits per heavy atom. The number of anilines is 1. The molecule has 1 aliphatic heterocycles. The molecule has 0 aromatic heterocycles. The quantitative estimate of drug-likeness (QED) is 0.833. The lowest BCUT2D eigenvalue weighted by atomic mass is 10.1. The molecule has 3 N–H and O–H groups in total. The second-order valence-electron chi connectivity index (χ2n) is 6.31. The van der Waals surface area contributed by atoms with E-state index in [0.29, 0.717) is 30.9 Å². The molecule has 0 saturated carbocycles. The number of nitrogens with zero attached hydrogens (tertiary/aromatic N) is 1. The van der Waals surface area contributed by atoms with Crippen molar-refractivity contribution in [3.8, 4) is 5.75 Å². The Morgan fingerprint density at radius 2 is 1.92 bits per heavy atom. The Hall–Kier alpha value is -3.02. The van der Waals surface area contributed by atoms with Crippen molar-refractivity contribution in [1.29, 1.82) is 0 Å². The minimum Gasteiger partial charge on any atom is -0.477 e. The van der Waals surface area contributed by atoms with E-state index in [1.54, 1.807) is 12.1 Å². The summed E-state index contributed by atoms with van der Waals surface area (Å²) in [6, 6.07) is 14.9. The molecule has 1 atom stereocenters. The van der Waals surface area contributed by atoms with Crippen molar-refractivity contribution < 1.29 is 14.3 Å². The fourth-order valence-electron chi connectivity index (χ4n) is 2.95. The number of carbonyl (C=O) groups excluding carboxylic acids is 2. The lowest BCUT2D eigenvalue weighted by Gasteiger charge is -2.35. The lowest BCUT2D eigenvalue weighted by Crippen LogP contribution is -2.48. The van der Waals surface area contributed by atoms with Gasteiger partial charge in [-0.1, -0.05) is 31.2 Å². The summed E-state index contributed by atoms with van der Waals surface area (Å²) in [5.41, 5.74) is 7.75. The van der Waals surface area contributed by atoms with E-state index in [2.05, 4.69) is 10.2 Å². The van der Waals surface area contributed by atoms with Crippen LogP contribution < -0.4 is 20.7 Å². The molecule has 2 aromatic rings. The maximum atomic E-state index is 12.4. The van der Waals surface area contributed by atoms with E-state index in [-0.39, 0.29) is 5.91 Å². The van der Waals surface area contributed by atoms with Crippen LogP contribution in [0.3, 0.4) is 0 Å². The van der Waals surface area contributed by atoms with Crippen molar-refractivity contribution in [2.75, 3.05) is 18.0 Å². The first-order chi connectivity index (χ1) is 12.6. The topological polar surface area (TPSA) is 84.7 Å². The smallest absolute Gasteiger partial charge is 0.262 e. The molecule has 2 aromatic carbocycles. The fourth-order valence-corrected chi connectivity index (χ4v) is 2.95.